The number of hydrogen-bond acceptors (Lipinski definition) is 5. The van der Waals surface area contributed by atoms with Gasteiger partial charge in [0.2, 0.25) is 0 Å². The summed E-state index contributed by atoms with van der Waals surface area (Å²) >= 11 is 1.54. The van der Waals surface area contributed by atoms with Crippen molar-refractivity contribution in [3.8, 4) is 5.69 Å². The molecule has 0 spiro atoms. The predicted octanol–water partition coefficient (Wildman–Crippen LogP) is 3.40. The van der Waals surface area contributed by atoms with Crippen molar-refractivity contribution in [2.45, 2.75) is 6.92 Å². The average molecular weight is 377 g/mol. The minimum absolute atomic E-state index is 0.109. The van der Waals surface area contributed by atoms with Crippen molar-refractivity contribution in [1.29, 1.82) is 0 Å². The van der Waals surface area contributed by atoms with Crippen LogP contribution in [0.5, 0.6) is 0 Å². The molecule has 6 nitrogen and oxygen atoms in total. The highest BCUT2D eigenvalue weighted by molar-refractivity contribution is 8.14. The molecular formula is C20H19N5OS. The fraction of sp³-hybridized carbons (Fsp3) is 0.150. The monoisotopic (exact) mass is 377 g/mol. The number of amidine groups is 1. The zero-order valence-electron chi connectivity index (χ0n) is 15.1. The van der Waals surface area contributed by atoms with Crippen LogP contribution in [0.2, 0.25) is 0 Å². The molecule has 27 heavy (non-hydrogen) atoms. The average Bonchev–Trinajstić information content (AvgIpc) is 2.93. The van der Waals surface area contributed by atoms with Crippen molar-refractivity contribution in [3.05, 3.63) is 82.3 Å². The van der Waals surface area contributed by atoms with Crippen LogP contribution < -0.4 is 10.9 Å². The van der Waals surface area contributed by atoms with Gasteiger partial charge in [-0.05, 0) is 24.6 Å². The van der Waals surface area contributed by atoms with Crippen molar-refractivity contribution in [2.24, 2.45) is 17.3 Å². The number of nitrogens with one attached hydrogen (secondary N) is 1. The highest BCUT2D eigenvalue weighted by Gasteiger charge is 2.19. The number of para-hydroxylation sites is 1. The molecule has 0 unspecified atom stereocenters. The predicted molar refractivity (Wildman–Crippen MR) is 112 cm³/mol. The van der Waals surface area contributed by atoms with Gasteiger partial charge in [0.15, 0.2) is 5.17 Å². The van der Waals surface area contributed by atoms with E-state index in [1.165, 1.54) is 0 Å². The van der Waals surface area contributed by atoms with E-state index >= 15 is 0 Å². The molecule has 3 aromatic rings. The summed E-state index contributed by atoms with van der Waals surface area (Å²) in [6.07, 6.45) is 0. The van der Waals surface area contributed by atoms with Gasteiger partial charge in [-0.2, -0.15) is 5.10 Å². The summed E-state index contributed by atoms with van der Waals surface area (Å²) in [5.74, 6) is 0.703. The summed E-state index contributed by atoms with van der Waals surface area (Å²) < 4.78 is 3.48. The maximum absolute atomic E-state index is 13.0. The van der Waals surface area contributed by atoms with E-state index in [9.17, 15) is 4.79 Å². The molecule has 1 aliphatic rings. The Labute approximate surface area is 161 Å². The topological polar surface area (TPSA) is 63.7 Å². The van der Waals surface area contributed by atoms with Crippen molar-refractivity contribution < 1.29 is 0 Å². The Hall–Kier alpha value is -3.06. The molecule has 4 rings (SSSR count). The van der Waals surface area contributed by atoms with Gasteiger partial charge in [-0.25, -0.2) is 4.68 Å². The number of thioether (sulfide) groups is 1. The van der Waals surface area contributed by atoms with Crippen molar-refractivity contribution in [1.82, 2.24) is 9.36 Å². The van der Waals surface area contributed by atoms with Crippen LogP contribution in [0.25, 0.3) is 5.69 Å². The molecule has 0 saturated heterocycles. The van der Waals surface area contributed by atoms with Gasteiger partial charge in [-0.3, -0.25) is 9.48 Å². The zero-order valence-corrected chi connectivity index (χ0v) is 15.9. The molecule has 1 N–H and O–H groups in total. The van der Waals surface area contributed by atoms with Gasteiger partial charge >= 0.3 is 0 Å². The summed E-state index contributed by atoms with van der Waals surface area (Å²) in [6.45, 7) is 1.91. The maximum Gasteiger partial charge on any atom is 0.295 e. The number of rotatable bonds is 3. The van der Waals surface area contributed by atoms with Gasteiger partial charge in [0.05, 0.1) is 17.1 Å². The van der Waals surface area contributed by atoms with Crippen LogP contribution in [0.4, 0.5) is 5.69 Å². The number of anilines is 1. The first-order valence-corrected chi connectivity index (χ1v) is 9.57. The molecule has 7 heteroatoms. The summed E-state index contributed by atoms with van der Waals surface area (Å²) in [5, 5.41) is 12.4. The van der Waals surface area contributed by atoms with Crippen LogP contribution in [0.1, 0.15) is 11.3 Å². The Morgan fingerprint density at radius 2 is 1.67 bits per heavy atom. The highest BCUT2D eigenvalue weighted by Crippen LogP contribution is 2.19. The number of hydrogen-bond donors (Lipinski definition) is 1. The standard InChI is InChI=1S/C20H19N5OS/c1-14-18(19(26)25(24(14)2)16-11-7-4-8-12-16)21-20-23-22-17(13-27-20)15-9-5-3-6-10-15/h3-12H,13H2,1-2H3,(H,21,23). The van der Waals surface area contributed by atoms with E-state index in [4.69, 9.17) is 0 Å². The SMILES string of the molecule is Cc1c(NC2=NN=C(c3ccccc3)CS2)c(=O)n(-c2ccccc2)n1C. The third kappa shape index (κ3) is 3.33. The van der Waals surface area contributed by atoms with E-state index in [1.807, 2.05) is 79.3 Å². The van der Waals surface area contributed by atoms with Gasteiger partial charge in [0.1, 0.15) is 5.69 Å². The summed E-state index contributed by atoms with van der Waals surface area (Å²) in [7, 11) is 1.87. The van der Waals surface area contributed by atoms with E-state index in [2.05, 4.69) is 15.5 Å². The Morgan fingerprint density at radius 3 is 2.30 bits per heavy atom. The molecule has 0 fully saturated rings. The molecule has 1 aromatic heterocycles. The van der Waals surface area contributed by atoms with Crippen molar-refractivity contribution >= 4 is 28.3 Å². The van der Waals surface area contributed by atoms with Crippen LogP contribution in [0.15, 0.2) is 75.7 Å². The Bertz CT molecular complexity index is 1080. The Morgan fingerprint density at radius 1 is 1.00 bits per heavy atom. The normalized spacial score (nSPS) is 13.9. The molecule has 0 amide bonds. The first-order chi connectivity index (χ1) is 13.1. The second-order valence-corrected chi connectivity index (χ2v) is 7.13. The van der Waals surface area contributed by atoms with E-state index in [-0.39, 0.29) is 5.56 Å². The molecule has 136 valence electrons. The Balaban J connectivity index is 1.64. The molecule has 1 aliphatic heterocycles. The smallest absolute Gasteiger partial charge is 0.295 e. The largest absolute Gasteiger partial charge is 0.327 e. The molecule has 0 atom stereocenters. The minimum atomic E-state index is -0.109. The molecule has 2 aromatic carbocycles. The van der Waals surface area contributed by atoms with Crippen LogP contribution in [-0.4, -0.2) is 26.0 Å². The fourth-order valence-electron chi connectivity index (χ4n) is 2.95. The molecule has 2 heterocycles. The molecule has 0 radical (unpaired) electrons. The number of aromatic nitrogens is 2. The maximum atomic E-state index is 13.0. The van der Waals surface area contributed by atoms with Crippen LogP contribution in [0, 0.1) is 6.92 Å². The molecule has 0 saturated carbocycles. The van der Waals surface area contributed by atoms with Gasteiger partial charge in [0, 0.05) is 12.8 Å². The zero-order chi connectivity index (χ0) is 18.8. The van der Waals surface area contributed by atoms with Gasteiger partial charge < -0.3 is 5.32 Å². The molecule has 0 aliphatic carbocycles. The van der Waals surface area contributed by atoms with Gasteiger partial charge in [0.25, 0.3) is 5.56 Å². The lowest BCUT2D eigenvalue weighted by Gasteiger charge is -2.12. The van der Waals surface area contributed by atoms with Crippen LogP contribution in [-0.2, 0) is 7.05 Å². The minimum Gasteiger partial charge on any atom is -0.327 e. The number of nitrogens with zero attached hydrogens (tertiary/aromatic N) is 4. The third-order valence-electron chi connectivity index (χ3n) is 4.50. The first-order valence-electron chi connectivity index (χ1n) is 8.59. The lowest BCUT2D eigenvalue weighted by Crippen LogP contribution is -2.23. The third-order valence-corrected chi connectivity index (χ3v) is 5.38. The van der Waals surface area contributed by atoms with Crippen LogP contribution in [0.3, 0.4) is 0 Å². The molecule has 0 bridgehead atoms. The second kappa shape index (κ2) is 7.28. The van der Waals surface area contributed by atoms with Crippen LogP contribution >= 0.6 is 11.8 Å². The lowest BCUT2D eigenvalue weighted by atomic mass is 10.1. The second-order valence-electron chi connectivity index (χ2n) is 6.17. The fourth-order valence-corrected chi connectivity index (χ4v) is 3.72. The quantitative estimate of drug-likeness (QED) is 0.761. The Kier molecular flexibility index (Phi) is 4.68. The van der Waals surface area contributed by atoms with E-state index in [1.54, 1.807) is 16.4 Å². The van der Waals surface area contributed by atoms with E-state index in [0.29, 0.717) is 16.6 Å². The summed E-state index contributed by atoms with van der Waals surface area (Å²) in [5.41, 5.74) is 4.06. The van der Waals surface area contributed by atoms with Gasteiger partial charge in [-0.15, -0.1) is 5.10 Å². The van der Waals surface area contributed by atoms with Crippen molar-refractivity contribution in [2.75, 3.05) is 11.1 Å². The summed E-state index contributed by atoms with van der Waals surface area (Å²) in [4.78, 5) is 13.0. The van der Waals surface area contributed by atoms with Crippen molar-refractivity contribution in [3.63, 3.8) is 0 Å². The van der Waals surface area contributed by atoms with E-state index in [0.717, 1.165) is 22.7 Å². The molecular weight excluding hydrogens is 358 g/mol. The lowest BCUT2D eigenvalue weighted by molar-refractivity contribution is 0.630. The highest BCUT2D eigenvalue weighted by atomic mass is 32.2. The number of benzene rings is 2. The van der Waals surface area contributed by atoms with Gasteiger partial charge in [-0.1, -0.05) is 60.3 Å². The first kappa shape index (κ1) is 17.4. The van der Waals surface area contributed by atoms with E-state index < -0.39 is 0 Å². The summed E-state index contributed by atoms with van der Waals surface area (Å²) in [6, 6.07) is 19.6.